The molecule has 0 bridgehead atoms. The molecular weight excluding hydrogens is 517 g/mol. The number of furan rings is 1. The van der Waals surface area contributed by atoms with E-state index in [-0.39, 0.29) is 22.3 Å². The minimum Gasteiger partial charge on any atom is -0.503 e. The van der Waals surface area contributed by atoms with Crippen molar-refractivity contribution in [2.24, 2.45) is 0 Å². The van der Waals surface area contributed by atoms with Crippen molar-refractivity contribution in [3.05, 3.63) is 100 Å². The molecule has 37 heavy (non-hydrogen) atoms. The average Bonchev–Trinajstić information content (AvgIpc) is 3.62. The fourth-order valence-electron chi connectivity index (χ4n) is 3.96. The Morgan fingerprint density at radius 3 is 2.73 bits per heavy atom. The number of hydrogen-bond acceptors (Lipinski definition) is 9. The third kappa shape index (κ3) is 4.75. The number of hydrogen-bond donors (Lipinski definition) is 1. The molecule has 5 rings (SSSR count). The van der Waals surface area contributed by atoms with Crippen LogP contribution in [0.1, 0.15) is 33.5 Å². The number of Topliss-reactive ketones (excluding diaryl/α,β-unsaturated/α-hetero) is 1. The monoisotopic (exact) mass is 537 g/mol. The number of nitrogens with zero attached hydrogens (tertiary/aromatic N) is 3. The molecule has 1 amide bonds. The second-order valence-corrected chi connectivity index (χ2v) is 10.3. The van der Waals surface area contributed by atoms with Crippen LogP contribution in [0.2, 0.25) is 0 Å². The third-order valence-corrected chi connectivity index (χ3v) is 7.84. The summed E-state index contributed by atoms with van der Waals surface area (Å²) in [4.78, 5) is 28.0. The molecule has 2 aromatic carbocycles. The van der Waals surface area contributed by atoms with Crippen LogP contribution in [0.15, 0.2) is 80.8 Å². The molecule has 1 atom stereocenters. The van der Waals surface area contributed by atoms with Crippen LogP contribution in [-0.2, 0) is 10.5 Å². The summed E-state index contributed by atoms with van der Waals surface area (Å²) in [5.41, 5.74) is 0.902. The quantitative estimate of drug-likeness (QED) is 0.174. The number of amides is 1. The van der Waals surface area contributed by atoms with Gasteiger partial charge in [-0.1, -0.05) is 53.4 Å². The summed E-state index contributed by atoms with van der Waals surface area (Å²) in [6.07, 6.45) is 0. The van der Waals surface area contributed by atoms with Crippen molar-refractivity contribution < 1.29 is 28.2 Å². The number of ether oxygens (including phenoxy) is 1. The molecule has 0 spiro atoms. The van der Waals surface area contributed by atoms with Gasteiger partial charge >= 0.3 is 0 Å². The zero-order chi connectivity index (χ0) is 26.1. The highest BCUT2D eigenvalue weighted by molar-refractivity contribution is 8.00. The molecule has 0 fully saturated rings. The van der Waals surface area contributed by atoms with Crippen LogP contribution in [0.25, 0.3) is 0 Å². The Morgan fingerprint density at radius 2 is 2.00 bits per heavy atom. The molecule has 3 heterocycles. The predicted octanol–water partition coefficient (Wildman–Crippen LogP) is 5.66. The molecule has 1 N–H and O–H groups in total. The predicted molar refractivity (Wildman–Crippen MR) is 137 cm³/mol. The van der Waals surface area contributed by atoms with Crippen LogP contribution in [0, 0.1) is 12.7 Å². The van der Waals surface area contributed by atoms with Gasteiger partial charge in [0, 0.05) is 5.75 Å². The first-order valence-corrected chi connectivity index (χ1v) is 12.9. The van der Waals surface area contributed by atoms with Gasteiger partial charge in [0.1, 0.15) is 17.3 Å². The van der Waals surface area contributed by atoms with E-state index in [4.69, 9.17) is 9.15 Å². The number of ketones is 1. The van der Waals surface area contributed by atoms with Gasteiger partial charge in [-0.25, -0.2) is 4.39 Å². The third-order valence-electron chi connectivity index (χ3n) is 5.74. The van der Waals surface area contributed by atoms with Crippen molar-refractivity contribution in [1.29, 1.82) is 0 Å². The lowest BCUT2D eigenvalue weighted by molar-refractivity contribution is -0.117. The van der Waals surface area contributed by atoms with Crippen LogP contribution in [0.4, 0.5) is 9.52 Å². The zero-order valence-corrected chi connectivity index (χ0v) is 21.3. The molecule has 1 unspecified atom stereocenters. The molecule has 4 aromatic rings. The number of anilines is 1. The van der Waals surface area contributed by atoms with Crippen molar-refractivity contribution in [2.45, 2.75) is 23.1 Å². The Hall–Kier alpha value is -3.96. The number of rotatable bonds is 8. The molecule has 0 radical (unpaired) electrons. The summed E-state index contributed by atoms with van der Waals surface area (Å²) in [6, 6.07) is 15.4. The molecule has 0 saturated heterocycles. The van der Waals surface area contributed by atoms with Crippen LogP contribution in [0.3, 0.4) is 0 Å². The Bertz CT molecular complexity index is 1530. The lowest BCUT2D eigenvalue weighted by atomic mass is 9.95. The van der Waals surface area contributed by atoms with E-state index in [9.17, 15) is 19.1 Å². The Labute approximate surface area is 219 Å². The summed E-state index contributed by atoms with van der Waals surface area (Å²) >= 11 is 2.37. The maximum absolute atomic E-state index is 14.0. The largest absolute Gasteiger partial charge is 0.503 e. The number of benzene rings is 2. The van der Waals surface area contributed by atoms with Crippen LogP contribution >= 0.6 is 23.1 Å². The summed E-state index contributed by atoms with van der Waals surface area (Å²) in [5, 5.41) is 19.4. The van der Waals surface area contributed by atoms with Crippen LogP contribution in [-0.4, -0.2) is 34.1 Å². The minimum absolute atomic E-state index is 0.00000722. The van der Waals surface area contributed by atoms with Gasteiger partial charge in [-0.05, 0) is 48.4 Å². The number of halogens is 1. The fourth-order valence-corrected chi connectivity index (χ4v) is 5.82. The summed E-state index contributed by atoms with van der Waals surface area (Å²) in [6.45, 7) is 1.69. The minimum atomic E-state index is -1.00. The fraction of sp³-hybridized carbons (Fsp3) is 0.154. The topological polar surface area (TPSA) is 106 Å². The SMILES string of the molecule is COc1cccc(C2C(C(=O)c3ccc(C)o3)=C(O)C(=O)N2c2nnc(SCc3ccccc3F)s2)c1. The molecule has 2 aromatic heterocycles. The molecule has 11 heteroatoms. The van der Waals surface area contributed by atoms with Gasteiger partial charge in [-0.3, -0.25) is 14.5 Å². The van der Waals surface area contributed by atoms with Gasteiger partial charge in [0.25, 0.3) is 5.91 Å². The van der Waals surface area contributed by atoms with E-state index < -0.39 is 23.5 Å². The van der Waals surface area contributed by atoms with Gasteiger partial charge in [0.2, 0.25) is 10.9 Å². The second kappa shape index (κ2) is 10.2. The van der Waals surface area contributed by atoms with Gasteiger partial charge in [0.05, 0.1) is 18.7 Å². The molecule has 0 aliphatic carbocycles. The lowest BCUT2D eigenvalue weighted by Crippen LogP contribution is -2.31. The van der Waals surface area contributed by atoms with E-state index in [0.29, 0.717) is 32.7 Å². The van der Waals surface area contributed by atoms with E-state index >= 15 is 0 Å². The van der Waals surface area contributed by atoms with Gasteiger partial charge in [0.15, 0.2) is 15.9 Å². The number of carbonyl (C=O) groups is 2. The maximum atomic E-state index is 14.0. The maximum Gasteiger partial charge on any atom is 0.296 e. The molecule has 8 nitrogen and oxygen atoms in total. The Morgan fingerprint density at radius 1 is 1.19 bits per heavy atom. The molecule has 188 valence electrons. The average molecular weight is 538 g/mol. The number of methoxy groups -OCH3 is 1. The summed E-state index contributed by atoms with van der Waals surface area (Å²) in [5.74, 6) is -1.08. The second-order valence-electron chi connectivity index (χ2n) is 8.09. The van der Waals surface area contributed by atoms with Crippen molar-refractivity contribution in [1.82, 2.24) is 10.2 Å². The first-order chi connectivity index (χ1) is 17.9. The van der Waals surface area contributed by atoms with E-state index in [2.05, 4.69) is 10.2 Å². The highest BCUT2D eigenvalue weighted by atomic mass is 32.2. The molecular formula is C26H20FN3O5S2. The van der Waals surface area contributed by atoms with Crippen LogP contribution in [0.5, 0.6) is 5.75 Å². The molecule has 0 saturated carbocycles. The highest BCUT2D eigenvalue weighted by Gasteiger charge is 2.46. The van der Waals surface area contributed by atoms with E-state index in [1.165, 1.54) is 35.9 Å². The van der Waals surface area contributed by atoms with Gasteiger partial charge in [-0.2, -0.15) is 0 Å². The summed E-state index contributed by atoms with van der Waals surface area (Å²) < 4.78 is 25.3. The first kappa shape index (κ1) is 24.7. The lowest BCUT2D eigenvalue weighted by Gasteiger charge is -2.24. The number of aliphatic hydroxyl groups excluding tert-OH is 1. The smallest absolute Gasteiger partial charge is 0.296 e. The molecule has 1 aliphatic rings. The van der Waals surface area contributed by atoms with Crippen molar-refractivity contribution in [3.8, 4) is 5.75 Å². The zero-order valence-electron chi connectivity index (χ0n) is 19.7. The van der Waals surface area contributed by atoms with Crippen molar-refractivity contribution in [2.75, 3.05) is 12.0 Å². The van der Waals surface area contributed by atoms with Crippen molar-refractivity contribution >= 4 is 39.9 Å². The van der Waals surface area contributed by atoms with Crippen LogP contribution < -0.4 is 9.64 Å². The highest BCUT2D eigenvalue weighted by Crippen LogP contribution is 2.44. The first-order valence-electron chi connectivity index (χ1n) is 11.1. The number of thioether (sulfide) groups is 1. The normalized spacial score (nSPS) is 15.5. The van der Waals surface area contributed by atoms with E-state index in [0.717, 1.165) is 11.3 Å². The number of aryl methyl sites for hydroxylation is 1. The van der Waals surface area contributed by atoms with E-state index in [1.807, 2.05) is 0 Å². The Balaban J connectivity index is 1.51. The van der Waals surface area contributed by atoms with Gasteiger partial charge < -0.3 is 14.3 Å². The summed E-state index contributed by atoms with van der Waals surface area (Å²) in [7, 11) is 1.51. The van der Waals surface area contributed by atoms with Crippen molar-refractivity contribution in [3.63, 3.8) is 0 Å². The number of aromatic nitrogens is 2. The number of aliphatic hydroxyl groups is 1. The van der Waals surface area contributed by atoms with Gasteiger partial charge in [-0.15, -0.1) is 10.2 Å². The standard InChI is InChI=1S/C26H20FN3O5S2/c1-14-10-11-19(35-14)22(31)20-21(15-7-5-8-17(12-15)34-2)30(24(33)23(20)32)25-28-29-26(37-25)36-13-16-6-3-4-9-18(16)27/h3-12,21,32H,13H2,1-2H3. The van der Waals surface area contributed by atoms with E-state index in [1.54, 1.807) is 55.5 Å². The molecule has 1 aliphatic heterocycles. The Kier molecular flexibility index (Phi) is 6.81. The number of carbonyl (C=O) groups excluding carboxylic acids is 2.